The van der Waals surface area contributed by atoms with Gasteiger partial charge in [0.2, 0.25) is 0 Å². The predicted molar refractivity (Wildman–Crippen MR) is 81.8 cm³/mol. The van der Waals surface area contributed by atoms with Gasteiger partial charge in [-0.05, 0) is 37.3 Å². The van der Waals surface area contributed by atoms with E-state index < -0.39 is 0 Å². The lowest BCUT2D eigenvalue weighted by Crippen LogP contribution is -1.99. The molecule has 21 heavy (non-hydrogen) atoms. The zero-order chi connectivity index (χ0) is 14.8. The van der Waals surface area contributed by atoms with Gasteiger partial charge >= 0.3 is 0 Å². The number of imidazole rings is 1. The van der Waals surface area contributed by atoms with E-state index in [-0.39, 0.29) is 11.7 Å². The molecule has 0 atom stereocenters. The molecule has 0 fully saturated rings. The van der Waals surface area contributed by atoms with Crippen molar-refractivity contribution in [3.8, 4) is 11.4 Å². The van der Waals surface area contributed by atoms with Crippen LogP contribution in [0, 0.1) is 5.82 Å². The number of halogens is 2. The highest BCUT2D eigenvalue weighted by atomic mass is 35.5. The molecule has 0 aliphatic heterocycles. The molecule has 108 valence electrons. The Morgan fingerprint density at radius 2 is 2.05 bits per heavy atom. The highest BCUT2D eigenvalue weighted by molar-refractivity contribution is 6.17. The van der Waals surface area contributed by atoms with Gasteiger partial charge in [0.25, 0.3) is 0 Å². The number of hydrogen-bond donors (Lipinski definition) is 0. The van der Waals surface area contributed by atoms with E-state index in [0.29, 0.717) is 23.9 Å². The number of ether oxygens (including phenoxy) is 1. The molecular weight excluding hydrogens is 291 g/mol. The Kier molecular flexibility index (Phi) is 3.80. The normalized spacial score (nSPS) is 11.0. The minimum absolute atomic E-state index is 0.233. The van der Waals surface area contributed by atoms with Crippen LogP contribution in [0.15, 0.2) is 42.5 Å². The Bertz CT molecular complexity index is 785. The van der Waals surface area contributed by atoms with E-state index in [9.17, 15) is 4.39 Å². The number of rotatable bonds is 4. The Morgan fingerprint density at radius 1 is 1.24 bits per heavy atom. The van der Waals surface area contributed by atoms with Crippen LogP contribution in [-0.2, 0) is 5.88 Å². The van der Waals surface area contributed by atoms with Crippen LogP contribution in [0.5, 0.6) is 5.75 Å². The van der Waals surface area contributed by atoms with Gasteiger partial charge in [-0.2, -0.15) is 0 Å². The van der Waals surface area contributed by atoms with Gasteiger partial charge in [0.15, 0.2) is 0 Å². The summed E-state index contributed by atoms with van der Waals surface area (Å²) in [4.78, 5) is 4.54. The second-order valence-electron chi connectivity index (χ2n) is 4.53. The van der Waals surface area contributed by atoms with Crippen LogP contribution in [0.25, 0.3) is 16.7 Å². The zero-order valence-corrected chi connectivity index (χ0v) is 12.3. The molecule has 1 aromatic heterocycles. The third kappa shape index (κ3) is 2.47. The quantitative estimate of drug-likeness (QED) is 0.672. The van der Waals surface area contributed by atoms with Crippen molar-refractivity contribution in [2.75, 3.05) is 6.61 Å². The van der Waals surface area contributed by atoms with Gasteiger partial charge in [0.05, 0.1) is 23.7 Å². The summed E-state index contributed by atoms with van der Waals surface area (Å²) in [6.45, 7) is 2.48. The van der Waals surface area contributed by atoms with Crippen molar-refractivity contribution in [3.05, 3.63) is 54.1 Å². The number of fused-ring (bicyclic) bond motifs is 1. The number of para-hydroxylation sites is 1. The fourth-order valence-corrected chi connectivity index (χ4v) is 2.57. The number of aromatic nitrogens is 2. The van der Waals surface area contributed by atoms with Gasteiger partial charge < -0.3 is 4.74 Å². The maximum absolute atomic E-state index is 13.5. The molecule has 3 nitrogen and oxygen atoms in total. The Labute approximate surface area is 126 Å². The molecule has 0 spiro atoms. The van der Waals surface area contributed by atoms with Gasteiger partial charge in [0.1, 0.15) is 22.9 Å². The number of alkyl halides is 1. The number of nitrogens with zero attached hydrogens (tertiary/aromatic N) is 2. The summed E-state index contributed by atoms with van der Waals surface area (Å²) < 4.78 is 21.0. The number of benzene rings is 2. The van der Waals surface area contributed by atoms with E-state index >= 15 is 0 Å². The molecule has 2 aromatic carbocycles. The SMILES string of the molecule is CCOc1cccc2c1nc(CCl)n2-c1cccc(F)c1. The summed E-state index contributed by atoms with van der Waals surface area (Å²) in [6.07, 6.45) is 0. The van der Waals surface area contributed by atoms with Gasteiger partial charge in [-0.25, -0.2) is 9.37 Å². The fraction of sp³-hybridized carbons (Fsp3) is 0.188. The van der Waals surface area contributed by atoms with Gasteiger partial charge in [0, 0.05) is 0 Å². The average Bonchev–Trinajstić information content (AvgIpc) is 2.87. The van der Waals surface area contributed by atoms with Gasteiger partial charge in [-0.1, -0.05) is 12.1 Å². The molecule has 0 N–H and O–H groups in total. The van der Waals surface area contributed by atoms with Crippen molar-refractivity contribution >= 4 is 22.6 Å². The van der Waals surface area contributed by atoms with E-state index in [1.54, 1.807) is 6.07 Å². The molecule has 0 saturated carbocycles. The molecule has 0 saturated heterocycles. The summed E-state index contributed by atoms with van der Waals surface area (Å²) in [5, 5.41) is 0. The molecule has 3 aromatic rings. The number of hydrogen-bond acceptors (Lipinski definition) is 2. The highest BCUT2D eigenvalue weighted by Crippen LogP contribution is 2.29. The first kappa shape index (κ1) is 13.9. The maximum atomic E-state index is 13.5. The van der Waals surface area contributed by atoms with Crippen LogP contribution in [0.4, 0.5) is 4.39 Å². The van der Waals surface area contributed by atoms with Crippen molar-refractivity contribution in [1.82, 2.24) is 9.55 Å². The van der Waals surface area contributed by atoms with Crippen LogP contribution in [0.1, 0.15) is 12.7 Å². The third-order valence-electron chi connectivity index (χ3n) is 3.20. The lowest BCUT2D eigenvalue weighted by atomic mass is 10.2. The van der Waals surface area contributed by atoms with Crippen molar-refractivity contribution in [3.63, 3.8) is 0 Å². The summed E-state index contributed by atoms with van der Waals surface area (Å²) in [5.74, 6) is 1.30. The van der Waals surface area contributed by atoms with Crippen molar-refractivity contribution < 1.29 is 9.13 Å². The first-order valence-electron chi connectivity index (χ1n) is 6.69. The topological polar surface area (TPSA) is 27.1 Å². The minimum Gasteiger partial charge on any atom is -0.492 e. The molecule has 0 aliphatic carbocycles. The lowest BCUT2D eigenvalue weighted by molar-refractivity contribution is 0.343. The zero-order valence-electron chi connectivity index (χ0n) is 11.5. The van der Waals surface area contributed by atoms with E-state index in [2.05, 4.69) is 4.98 Å². The first-order valence-corrected chi connectivity index (χ1v) is 7.23. The second-order valence-corrected chi connectivity index (χ2v) is 4.80. The Morgan fingerprint density at radius 3 is 2.76 bits per heavy atom. The Balaban J connectivity index is 2.28. The molecule has 3 rings (SSSR count). The monoisotopic (exact) mass is 304 g/mol. The van der Waals surface area contributed by atoms with Crippen molar-refractivity contribution in [2.24, 2.45) is 0 Å². The lowest BCUT2D eigenvalue weighted by Gasteiger charge is -2.08. The molecule has 0 amide bonds. The molecular formula is C16H14ClFN2O. The van der Waals surface area contributed by atoms with Crippen LogP contribution in [0.2, 0.25) is 0 Å². The largest absolute Gasteiger partial charge is 0.492 e. The highest BCUT2D eigenvalue weighted by Gasteiger charge is 2.15. The molecule has 1 heterocycles. The molecule has 0 unspecified atom stereocenters. The van der Waals surface area contributed by atoms with Crippen LogP contribution < -0.4 is 4.74 Å². The second kappa shape index (κ2) is 5.74. The summed E-state index contributed by atoms with van der Waals surface area (Å²) >= 11 is 6.00. The van der Waals surface area contributed by atoms with Crippen molar-refractivity contribution in [1.29, 1.82) is 0 Å². The van der Waals surface area contributed by atoms with Crippen LogP contribution in [-0.4, -0.2) is 16.2 Å². The summed E-state index contributed by atoms with van der Waals surface area (Å²) in [6, 6.07) is 12.1. The first-order chi connectivity index (χ1) is 10.2. The average molecular weight is 305 g/mol. The van der Waals surface area contributed by atoms with E-state index in [4.69, 9.17) is 16.3 Å². The smallest absolute Gasteiger partial charge is 0.147 e. The van der Waals surface area contributed by atoms with E-state index in [1.807, 2.05) is 35.8 Å². The fourth-order valence-electron chi connectivity index (χ4n) is 2.39. The molecule has 0 radical (unpaired) electrons. The standard InChI is InChI=1S/C16H14ClFN2O/c1-2-21-14-8-4-7-13-16(14)19-15(10-17)20(13)12-6-3-5-11(18)9-12/h3-9H,2,10H2,1H3. The Hall–Kier alpha value is -2.07. The predicted octanol–water partition coefficient (Wildman–Crippen LogP) is 4.30. The third-order valence-corrected chi connectivity index (χ3v) is 3.44. The van der Waals surface area contributed by atoms with Gasteiger partial charge in [-0.3, -0.25) is 4.57 Å². The molecule has 0 aliphatic rings. The van der Waals surface area contributed by atoms with Crippen LogP contribution in [0.3, 0.4) is 0 Å². The van der Waals surface area contributed by atoms with Crippen LogP contribution >= 0.6 is 11.6 Å². The van der Waals surface area contributed by atoms with E-state index in [0.717, 1.165) is 11.0 Å². The maximum Gasteiger partial charge on any atom is 0.147 e. The molecule has 0 bridgehead atoms. The minimum atomic E-state index is -0.296. The van der Waals surface area contributed by atoms with Gasteiger partial charge in [-0.15, -0.1) is 11.6 Å². The molecule has 5 heteroatoms. The van der Waals surface area contributed by atoms with Crippen molar-refractivity contribution in [2.45, 2.75) is 12.8 Å². The van der Waals surface area contributed by atoms with E-state index in [1.165, 1.54) is 12.1 Å². The summed E-state index contributed by atoms with van der Waals surface area (Å²) in [5.41, 5.74) is 2.28. The summed E-state index contributed by atoms with van der Waals surface area (Å²) in [7, 11) is 0.